The van der Waals surface area contributed by atoms with E-state index in [0.717, 1.165) is 11.1 Å². The van der Waals surface area contributed by atoms with Crippen molar-refractivity contribution in [3.05, 3.63) is 54.1 Å². The molecule has 4 heteroatoms. The highest BCUT2D eigenvalue weighted by Crippen LogP contribution is 2.37. The summed E-state index contributed by atoms with van der Waals surface area (Å²) in [5.41, 5.74) is 2.23. The molecule has 0 spiro atoms. The SMILES string of the molecule is CSC1(C(=O)CCC(=O)O)C=CC(c2ccccc2)=CC1. The van der Waals surface area contributed by atoms with E-state index in [1.807, 2.05) is 48.7 Å². The second-order valence-corrected chi connectivity index (χ2v) is 6.11. The first-order chi connectivity index (χ1) is 10.1. The Hall–Kier alpha value is -1.81. The topological polar surface area (TPSA) is 54.4 Å². The number of hydrogen-bond donors (Lipinski definition) is 1. The molecule has 0 saturated heterocycles. The van der Waals surface area contributed by atoms with Gasteiger partial charge in [0.05, 0.1) is 11.2 Å². The Bertz CT molecular complexity index is 589. The first-order valence-corrected chi connectivity index (χ1v) is 8.05. The smallest absolute Gasteiger partial charge is 0.303 e. The van der Waals surface area contributed by atoms with Gasteiger partial charge in [0.25, 0.3) is 0 Å². The van der Waals surface area contributed by atoms with Crippen molar-refractivity contribution in [2.24, 2.45) is 0 Å². The average molecular weight is 302 g/mol. The van der Waals surface area contributed by atoms with Gasteiger partial charge in [0.2, 0.25) is 0 Å². The monoisotopic (exact) mass is 302 g/mol. The molecule has 1 atom stereocenters. The highest BCUT2D eigenvalue weighted by molar-refractivity contribution is 8.00. The lowest BCUT2D eigenvalue weighted by molar-refractivity contribution is -0.138. The number of carboxylic acid groups (broad SMARTS) is 1. The summed E-state index contributed by atoms with van der Waals surface area (Å²) in [4.78, 5) is 23.0. The molecule has 0 amide bonds. The van der Waals surface area contributed by atoms with E-state index in [9.17, 15) is 9.59 Å². The molecule has 1 aliphatic carbocycles. The van der Waals surface area contributed by atoms with Gasteiger partial charge < -0.3 is 5.11 Å². The lowest BCUT2D eigenvalue weighted by atomic mass is 9.88. The van der Waals surface area contributed by atoms with Crippen LogP contribution in [0.5, 0.6) is 0 Å². The van der Waals surface area contributed by atoms with Crippen molar-refractivity contribution in [1.82, 2.24) is 0 Å². The molecule has 1 unspecified atom stereocenters. The van der Waals surface area contributed by atoms with Gasteiger partial charge in [-0.2, -0.15) is 0 Å². The number of rotatable bonds is 6. The Morgan fingerprint density at radius 2 is 1.95 bits per heavy atom. The molecule has 110 valence electrons. The van der Waals surface area contributed by atoms with E-state index < -0.39 is 10.7 Å². The summed E-state index contributed by atoms with van der Waals surface area (Å²) < 4.78 is -0.617. The van der Waals surface area contributed by atoms with Crippen LogP contribution in [0.1, 0.15) is 24.8 Å². The summed E-state index contributed by atoms with van der Waals surface area (Å²) in [5.74, 6) is -0.947. The van der Waals surface area contributed by atoms with Crippen molar-refractivity contribution in [2.75, 3.05) is 6.26 Å². The van der Waals surface area contributed by atoms with Crippen molar-refractivity contribution in [3.63, 3.8) is 0 Å². The van der Waals surface area contributed by atoms with Crippen LogP contribution in [0.15, 0.2) is 48.6 Å². The predicted octanol–water partition coefficient (Wildman–Crippen LogP) is 3.57. The second kappa shape index (κ2) is 6.76. The van der Waals surface area contributed by atoms with Crippen molar-refractivity contribution >= 4 is 29.1 Å². The Morgan fingerprint density at radius 1 is 1.24 bits per heavy atom. The fraction of sp³-hybridized carbons (Fsp3) is 0.294. The molecule has 0 aromatic heterocycles. The summed E-state index contributed by atoms with van der Waals surface area (Å²) in [5, 5.41) is 8.72. The third-order valence-electron chi connectivity index (χ3n) is 3.67. The van der Waals surface area contributed by atoms with E-state index in [4.69, 9.17) is 5.11 Å². The van der Waals surface area contributed by atoms with Crippen LogP contribution in [0.25, 0.3) is 5.57 Å². The number of carbonyl (C=O) groups excluding carboxylic acids is 1. The zero-order chi connectivity index (χ0) is 15.3. The molecular weight excluding hydrogens is 284 g/mol. The molecule has 1 aromatic carbocycles. The van der Waals surface area contributed by atoms with Gasteiger partial charge in [-0.15, -0.1) is 11.8 Å². The summed E-state index contributed by atoms with van der Waals surface area (Å²) in [6.07, 6.45) is 8.42. The van der Waals surface area contributed by atoms with Crippen LogP contribution in [0.2, 0.25) is 0 Å². The van der Waals surface area contributed by atoms with Gasteiger partial charge in [-0.3, -0.25) is 9.59 Å². The predicted molar refractivity (Wildman–Crippen MR) is 86.3 cm³/mol. The van der Waals surface area contributed by atoms with Crippen LogP contribution >= 0.6 is 11.8 Å². The normalized spacial score (nSPS) is 20.9. The van der Waals surface area contributed by atoms with Crippen molar-refractivity contribution in [1.29, 1.82) is 0 Å². The quantitative estimate of drug-likeness (QED) is 0.873. The van der Waals surface area contributed by atoms with Gasteiger partial charge in [0.1, 0.15) is 0 Å². The van der Waals surface area contributed by atoms with Crippen molar-refractivity contribution in [2.45, 2.75) is 24.0 Å². The van der Waals surface area contributed by atoms with Gasteiger partial charge in [-0.05, 0) is 23.8 Å². The molecule has 1 aliphatic rings. The summed E-state index contributed by atoms with van der Waals surface area (Å²) in [6.45, 7) is 0. The van der Waals surface area contributed by atoms with E-state index in [1.165, 1.54) is 11.8 Å². The third kappa shape index (κ3) is 3.64. The molecule has 0 heterocycles. The molecule has 1 N–H and O–H groups in total. The Balaban J connectivity index is 2.12. The number of carbonyl (C=O) groups is 2. The number of aliphatic carboxylic acids is 1. The van der Waals surface area contributed by atoms with Crippen LogP contribution in [-0.4, -0.2) is 27.9 Å². The van der Waals surface area contributed by atoms with Gasteiger partial charge in [0.15, 0.2) is 5.78 Å². The van der Waals surface area contributed by atoms with Gasteiger partial charge in [-0.25, -0.2) is 0 Å². The largest absolute Gasteiger partial charge is 0.481 e. The van der Waals surface area contributed by atoms with Crippen LogP contribution < -0.4 is 0 Å². The maximum Gasteiger partial charge on any atom is 0.303 e. The number of carboxylic acids is 1. The molecule has 1 aromatic rings. The number of benzene rings is 1. The number of allylic oxidation sites excluding steroid dienone is 3. The van der Waals surface area contributed by atoms with Gasteiger partial charge in [-0.1, -0.05) is 48.6 Å². The fourth-order valence-corrected chi connectivity index (χ4v) is 3.15. The van der Waals surface area contributed by atoms with Crippen LogP contribution in [0, 0.1) is 0 Å². The summed E-state index contributed by atoms with van der Waals surface area (Å²) in [7, 11) is 0. The minimum absolute atomic E-state index is 0.0167. The first kappa shape index (κ1) is 15.6. The maximum atomic E-state index is 12.3. The molecule has 0 fully saturated rings. The minimum atomic E-state index is -0.931. The maximum absolute atomic E-state index is 12.3. The van der Waals surface area contributed by atoms with Crippen LogP contribution in [0.4, 0.5) is 0 Å². The highest BCUT2D eigenvalue weighted by Gasteiger charge is 2.35. The number of hydrogen-bond acceptors (Lipinski definition) is 3. The Morgan fingerprint density at radius 3 is 2.48 bits per heavy atom. The molecular formula is C17H18O3S. The lowest BCUT2D eigenvalue weighted by Crippen LogP contribution is -2.33. The minimum Gasteiger partial charge on any atom is -0.481 e. The molecule has 0 radical (unpaired) electrons. The van der Waals surface area contributed by atoms with Crippen molar-refractivity contribution in [3.8, 4) is 0 Å². The number of ketones is 1. The standard InChI is InChI=1S/C17H18O3S/c1-21-17(15(18)7-8-16(19)20)11-9-14(10-12-17)13-5-3-2-4-6-13/h2-6,9-11H,7-8,12H2,1H3,(H,19,20). The summed E-state index contributed by atoms with van der Waals surface area (Å²) in [6, 6.07) is 10.0. The number of Topliss-reactive ketones (excluding diaryl/α,β-unsaturated/α-hetero) is 1. The zero-order valence-electron chi connectivity index (χ0n) is 11.9. The first-order valence-electron chi connectivity index (χ1n) is 6.82. The number of thioether (sulfide) groups is 1. The molecule has 0 aliphatic heterocycles. The van der Waals surface area contributed by atoms with E-state index in [0.29, 0.717) is 6.42 Å². The van der Waals surface area contributed by atoms with Crippen molar-refractivity contribution < 1.29 is 14.7 Å². The molecule has 0 bridgehead atoms. The Kier molecular flexibility index (Phi) is 5.02. The summed E-state index contributed by atoms with van der Waals surface area (Å²) >= 11 is 1.48. The van der Waals surface area contributed by atoms with Gasteiger partial charge >= 0.3 is 5.97 Å². The Labute approximate surface area is 128 Å². The molecule has 21 heavy (non-hydrogen) atoms. The molecule has 3 nitrogen and oxygen atoms in total. The zero-order valence-corrected chi connectivity index (χ0v) is 12.7. The average Bonchev–Trinajstić information content (AvgIpc) is 2.53. The molecule has 0 saturated carbocycles. The highest BCUT2D eigenvalue weighted by atomic mass is 32.2. The van der Waals surface area contributed by atoms with Crippen LogP contribution in [0.3, 0.4) is 0 Å². The molecule has 2 rings (SSSR count). The van der Waals surface area contributed by atoms with E-state index in [1.54, 1.807) is 0 Å². The van der Waals surface area contributed by atoms with E-state index in [2.05, 4.69) is 6.08 Å². The fourth-order valence-electron chi connectivity index (χ4n) is 2.37. The van der Waals surface area contributed by atoms with Gasteiger partial charge in [0, 0.05) is 6.42 Å². The second-order valence-electron chi connectivity index (χ2n) is 4.97. The lowest BCUT2D eigenvalue weighted by Gasteiger charge is -2.29. The van der Waals surface area contributed by atoms with E-state index >= 15 is 0 Å². The van der Waals surface area contributed by atoms with Crippen LogP contribution in [-0.2, 0) is 9.59 Å². The third-order valence-corrected chi connectivity index (χ3v) is 4.93. The van der Waals surface area contributed by atoms with E-state index in [-0.39, 0.29) is 18.6 Å².